The topological polar surface area (TPSA) is 94.0 Å². The minimum absolute atomic E-state index is 0.212. The first kappa shape index (κ1) is 14.2. The van der Waals surface area contributed by atoms with Crippen molar-refractivity contribution < 1.29 is 9.21 Å². The fraction of sp³-hybridized carbons (Fsp3) is 0.357. The fourth-order valence-electron chi connectivity index (χ4n) is 1.85. The molecule has 6 nitrogen and oxygen atoms in total. The Hall–Kier alpha value is -2.21. The highest BCUT2D eigenvalue weighted by molar-refractivity contribution is 5.97. The van der Waals surface area contributed by atoms with Gasteiger partial charge in [0.15, 0.2) is 0 Å². The number of amides is 1. The molecule has 1 atom stereocenters. The van der Waals surface area contributed by atoms with E-state index in [0.29, 0.717) is 29.5 Å². The number of hydrogen-bond donors (Lipinski definition) is 2. The highest BCUT2D eigenvalue weighted by atomic mass is 16.4. The number of anilines is 1. The molecule has 1 heterocycles. The molecule has 1 amide bonds. The summed E-state index contributed by atoms with van der Waals surface area (Å²) in [6.45, 7) is 3.71. The second kappa shape index (κ2) is 6.29. The minimum atomic E-state index is -0.516. The van der Waals surface area contributed by atoms with Crippen LogP contribution in [0.5, 0.6) is 0 Å². The zero-order valence-electron chi connectivity index (χ0n) is 11.6. The summed E-state index contributed by atoms with van der Waals surface area (Å²) in [5.41, 5.74) is 7.11. The monoisotopic (exact) mass is 274 g/mol. The number of para-hydroxylation sites is 1. The summed E-state index contributed by atoms with van der Waals surface area (Å²) in [6, 6.07) is 6.75. The molecule has 0 aliphatic carbocycles. The summed E-state index contributed by atoms with van der Waals surface area (Å²) in [4.78, 5) is 12.0. The average Bonchev–Trinajstić information content (AvgIpc) is 2.86. The van der Waals surface area contributed by atoms with Crippen LogP contribution in [-0.4, -0.2) is 22.1 Å². The molecule has 2 rings (SSSR count). The Morgan fingerprint density at radius 3 is 2.80 bits per heavy atom. The normalized spacial score (nSPS) is 12.2. The Morgan fingerprint density at radius 1 is 1.40 bits per heavy atom. The molecule has 6 heteroatoms. The molecule has 0 bridgehead atoms. The van der Waals surface area contributed by atoms with Crippen molar-refractivity contribution in [1.82, 2.24) is 10.2 Å². The van der Waals surface area contributed by atoms with Crippen LogP contribution in [0.4, 0.5) is 5.69 Å². The first-order chi connectivity index (χ1) is 9.61. The van der Waals surface area contributed by atoms with Gasteiger partial charge in [0.05, 0.1) is 17.3 Å². The van der Waals surface area contributed by atoms with E-state index in [1.807, 2.05) is 25.1 Å². The number of nitrogens with zero attached hydrogens (tertiary/aromatic N) is 2. The van der Waals surface area contributed by atoms with Gasteiger partial charge < -0.3 is 15.5 Å². The largest absolute Gasteiger partial charge is 0.421 e. The van der Waals surface area contributed by atoms with Crippen molar-refractivity contribution in [3.63, 3.8) is 0 Å². The fourth-order valence-corrected chi connectivity index (χ4v) is 1.85. The molecule has 20 heavy (non-hydrogen) atoms. The Balaban J connectivity index is 2.22. The number of hydrogen-bond acceptors (Lipinski definition) is 5. The third kappa shape index (κ3) is 3.21. The Kier molecular flexibility index (Phi) is 4.47. The van der Waals surface area contributed by atoms with E-state index in [0.717, 1.165) is 6.42 Å². The molecule has 0 aliphatic rings. The van der Waals surface area contributed by atoms with Crippen LogP contribution in [-0.2, 0) is 4.79 Å². The number of nitrogens with one attached hydrogen (secondary N) is 1. The second-order valence-corrected chi connectivity index (χ2v) is 4.56. The van der Waals surface area contributed by atoms with Crippen LogP contribution < -0.4 is 11.1 Å². The summed E-state index contributed by atoms with van der Waals surface area (Å²) in [6.07, 6.45) is 1.51. The van der Waals surface area contributed by atoms with Gasteiger partial charge in [-0.05, 0) is 18.6 Å². The van der Waals surface area contributed by atoms with E-state index in [9.17, 15) is 4.79 Å². The number of carbonyl (C=O) groups excluding carboxylic acids is 1. The number of benzene rings is 1. The quantitative estimate of drug-likeness (QED) is 0.870. The van der Waals surface area contributed by atoms with Gasteiger partial charge in [0.2, 0.25) is 17.7 Å². The molecule has 0 fully saturated rings. The van der Waals surface area contributed by atoms with Crippen molar-refractivity contribution in [2.75, 3.05) is 5.32 Å². The molecule has 0 radical (unpaired) electrons. The standard InChI is InChI=1S/C14H18N4O2/c1-3-6-11(15)13(19)16-12-8-5-4-7-10(12)14-18-17-9(2)20-14/h4-5,7-8,11H,3,6,15H2,1-2H3,(H,16,19)/t11-/m0/s1. The zero-order valence-corrected chi connectivity index (χ0v) is 11.6. The van der Waals surface area contributed by atoms with Gasteiger partial charge in [0.25, 0.3) is 0 Å². The molecule has 0 aliphatic heterocycles. The lowest BCUT2D eigenvalue weighted by atomic mass is 10.1. The van der Waals surface area contributed by atoms with Crippen LogP contribution in [0.3, 0.4) is 0 Å². The van der Waals surface area contributed by atoms with Gasteiger partial charge in [0, 0.05) is 6.92 Å². The Labute approximate surface area is 117 Å². The minimum Gasteiger partial charge on any atom is -0.421 e. The molecule has 3 N–H and O–H groups in total. The predicted molar refractivity (Wildman–Crippen MR) is 76.0 cm³/mol. The van der Waals surface area contributed by atoms with Crippen LogP contribution >= 0.6 is 0 Å². The first-order valence-corrected chi connectivity index (χ1v) is 6.57. The Morgan fingerprint density at radius 2 is 2.15 bits per heavy atom. The number of nitrogens with two attached hydrogens (primary N) is 1. The molecule has 0 saturated heterocycles. The van der Waals surface area contributed by atoms with E-state index in [-0.39, 0.29) is 5.91 Å². The Bertz CT molecular complexity index is 594. The smallest absolute Gasteiger partial charge is 0.249 e. The van der Waals surface area contributed by atoms with Crippen LogP contribution in [0.25, 0.3) is 11.5 Å². The van der Waals surface area contributed by atoms with Crippen molar-refractivity contribution in [2.45, 2.75) is 32.7 Å². The SMILES string of the molecule is CCC[C@H](N)C(=O)Nc1ccccc1-c1nnc(C)o1. The number of aryl methyl sites for hydroxylation is 1. The first-order valence-electron chi connectivity index (χ1n) is 6.57. The molecule has 0 saturated carbocycles. The summed E-state index contributed by atoms with van der Waals surface area (Å²) >= 11 is 0. The lowest BCUT2D eigenvalue weighted by Crippen LogP contribution is -2.35. The van der Waals surface area contributed by atoms with Gasteiger partial charge in [-0.3, -0.25) is 4.79 Å². The van der Waals surface area contributed by atoms with Crippen molar-refractivity contribution in [3.8, 4) is 11.5 Å². The highest BCUT2D eigenvalue weighted by Gasteiger charge is 2.16. The lowest BCUT2D eigenvalue weighted by Gasteiger charge is -2.12. The van der Waals surface area contributed by atoms with Gasteiger partial charge in [-0.1, -0.05) is 25.5 Å². The predicted octanol–water partition coefficient (Wildman–Crippen LogP) is 2.11. The molecule has 106 valence electrons. The third-order valence-electron chi connectivity index (χ3n) is 2.88. The maximum Gasteiger partial charge on any atom is 0.249 e. The van der Waals surface area contributed by atoms with Crippen LogP contribution in [0.1, 0.15) is 25.7 Å². The highest BCUT2D eigenvalue weighted by Crippen LogP contribution is 2.26. The van der Waals surface area contributed by atoms with Gasteiger partial charge in [-0.15, -0.1) is 10.2 Å². The van der Waals surface area contributed by atoms with Crippen LogP contribution in [0, 0.1) is 6.92 Å². The zero-order chi connectivity index (χ0) is 14.5. The summed E-state index contributed by atoms with van der Waals surface area (Å²) in [5.74, 6) is 0.641. The van der Waals surface area contributed by atoms with Gasteiger partial charge in [0.1, 0.15) is 0 Å². The van der Waals surface area contributed by atoms with Crippen molar-refractivity contribution in [3.05, 3.63) is 30.2 Å². The summed E-state index contributed by atoms with van der Waals surface area (Å²) in [7, 11) is 0. The maximum absolute atomic E-state index is 12.0. The van der Waals surface area contributed by atoms with E-state index in [4.69, 9.17) is 10.2 Å². The van der Waals surface area contributed by atoms with E-state index < -0.39 is 6.04 Å². The summed E-state index contributed by atoms with van der Waals surface area (Å²) in [5, 5.41) is 10.6. The lowest BCUT2D eigenvalue weighted by molar-refractivity contribution is -0.117. The second-order valence-electron chi connectivity index (χ2n) is 4.56. The van der Waals surface area contributed by atoms with Crippen LogP contribution in [0.15, 0.2) is 28.7 Å². The molecule has 1 aromatic carbocycles. The van der Waals surface area contributed by atoms with Crippen LogP contribution in [0.2, 0.25) is 0 Å². The molecular formula is C14H18N4O2. The molecule has 0 spiro atoms. The number of carbonyl (C=O) groups is 1. The van der Waals surface area contributed by atoms with Crippen molar-refractivity contribution in [2.24, 2.45) is 5.73 Å². The number of aromatic nitrogens is 2. The summed E-state index contributed by atoms with van der Waals surface area (Å²) < 4.78 is 5.39. The molecular weight excluding hydrogens is 256 g/mol. The maximum atomic E-state index is 12.0. The van der Waals surface area contributed by atoms with E-state index in [1.165, 1.54) is 0 Å². The molecule has 0 unspecified atom stereocenters. The van der Waals surface area contributed by atoms with Gasteiger partial charge in [-0.2, -0.15) is 0 Å². The third-order valence-corrected chi connectivity index (χ3v) is 2.88. The van der Waals surface area contributed by atoms with Gasteiger partial charge >= 0.3 is 0 Å². The van der Waals surface area contributed by atoms with Gasteiger partial charge in [-0.25, -0.2) is 0 Å². The number of rotatable bonds is 5. The van der Waals surface area contributed by atoms with E-state index in [2.05, 4.69) is 15.5 Å². The average molecular weight is 274 g/mol. The van der Waals surface area contributed by atoms with E-state index >= 15 is 0 Å². The molecule has 2 aromatic rings. The van der Waals surface area contributed by atoms with Crippen molar-refractivity contribution >= 4 is 11.6 Å². The molecule has 1 aromatic heterocycles. The van der Waals surface area contributed by atoms with Crippen molar-refractivity contribution in [1.29, 1.82) is 0 Å². The van der Waals surface area contributed by atoms with E-state index in [1.54, 1.807) is 13.0 Å².